The van der Waals surface area contributed by atoms with Gasteiger partial charge in [0.1, 0.15) is 0 Å². The van der Waals surface area contributed by atoms with Gasteiger partial charge in [-0.3, -0.25) is 0 Å². The Morgan fingerprint density at radius 2 is 2.22 bits per heavy atom. The molecular formula is C4H8N4O. The Balaban J connectivity index is 2.94. The van der Waals surface area contributed by atoms with Gasteiger partial charge in [-0.15, -0.1) is 5.10 Å². The first-order valence-corrected chi connectivity index (χ1v) is 2.69. The molecule has 50 valence electrons. The molecule has 0 atom stereocenters. The molecule has 5 nitrogen and oxygen atoms in total. The van der Waals surface area contributed by atoms with Crippen molar-refractivity contribution in [2.45, 2.75) is 19.8 Å². The molecule has 5 heteroatoms. The van der Waals surface area contributed by atoms with Crippen molar-refractivity contribution in [1.82, 2.24) is 20.4 Å². The molecule has 1 aromatic rings. The number of hydrogen-bond acceptors (Lipinski definition) is 4. The molecule has 0 aromatic carbocycles. The minimum absolute atomic E-state index is 0.157. The molecule has 1 rings (SSSR count). The zero-order valence-corrected chi connectivity index (χ0v) is 5.31. The predicted molar refractivity (Wildman–Crippen MR) is 29.1 cm³/mol. The van der Waals surface area contributed by atoms with Crippen molar-refractivity contribution < 1.29 is 5.21 Å². The standard InChI is InChI=1S/C4H8N4O/c1-3(2)4-5-6-7-8(4)9/h3,9H,1-2H3. The van der Waals surface area contributed by atoms with Gasteiger partial charge in [-0.1, -0.05) is 18.7 Å². The van der Waals surface area contributed by atoms with E-state index < -0.39 is 0 Å². The first kappa shape index (κ1) is 6.00. The Kier molecular flexibility index (Phi) is 1.33. The highest BCUT2D eigenvalue weighted by atomic mass is 16.5. The van der Waals surface area contributed by atoms with Crippen LogP contribution in [0.4, 0.5) is 0 Å². The lowest BCUT2D eigenvalue weighted by atomic mass is 10.2. The highest BCUT2D eigenvalue weighted by molar-refractivity contribution is 4.85. The zero-order valence-electron chi connectivity index (χ0n) is 5.31. The Hall–Kier alpha value is -1.13. The van der Waals surface area contributed by atoms with Gasteiger partial charge in [0.25, 0.3) is 0 Å². The number of tetrazole rings is 1. The van der Waals surface area contributed by atoms with Crippen LogP contribution in [0.3, 0.4) is 0 Å². The lowest BCUT2D eigenvalue weighted by Crippen LogP contribution is -2.01. The highest BCUT2D eigenvalue weighted by Gasteiger charge is 2.07. The summed E-state index contributed by atoms with van der Waals surface area (Å²) < 4.78 is 0. The summed E-state index contributed by atoms with van der Waals surface area (Å²) in [5.41, 5.74) is 0. The van der Waals surface area contributed by atoms with Gasteiger partial charge in [0, 0.05) is 5.92 Å². The summed E-state index contributed by atoms with van der Waals surface area (Å²) in [6, 6.07) is 0. The van der Waals surface area contributed by atoms with Gasteiger partial charge >= 0.3 is 0 Å². The first-order chi connectivity index (χ1) is 4.22. The zero-order chi connectivity index (χ0) is 6.85. The summed E-state index contributed by atoms with van der Waals surface area (Å²) in [6.45, 7) is 3.80. The summed E-state index contributed by atoms with van der Waals surface area (Å²) in [7, 11) is 0. The molecule has 1 N–H and O–H groups in total. The van der Waals surface area contributed by atoms with Gasteiger partial charge in [-0.25, -0.2) is 0 Å². The quantitative estimate of drug-likeness (QED) is 0.542. The van der Waals surface area contributed by atoms with Crippen LogP contribution >= 0.6 is 0 Å². The monoisotopic (exact) mass is 128 g/mol. The van der Waals surface area contributed by atoms with Gasteiger partial charge in [0.15, 0.2) is 5.82 Å². The second kappa shape index (κ2) is 2.00. The molecule has 0 aliphatic rings. The number of rotatable bonds is 1. The fourth-order valence-electron chi connectivity index (χ4n) is 0.536. The van der Waals surface area contributed by atoms with Crippen LogP contribution in [0.5, 0.6) is 0 Å². The molecule has 1 heterocycles. The average Bonchev–Trinajstić information content (AvgIpc) is 2.13. The Labute approximate surface area is 52.3 Å². The van der Waals surface area contributed by atoms with E-state index in [0.29, 0.717) is 10.7 Å². The van der Waals surface area contributed by atoms with E-state index in [0.717, 1.165) is 0 Å². The van der Waals surface area contributed by atoms with Crippen LogP contribution < -0.4 is 0 Å². The fourth-order valence-corrected chi connectivity index (χ4v) is 0.536. The molecule has 0 bridgehead atoms. The van der Waals surface area contributed by atoms with Crippen molar-refractivity contribution in [3.05, 3.63) is 5.82 Å². The van der Waals surface area contributed by atoms with Gasteiger partial charge in [0.05, 0.1) is 0 Å². The Morgan fingerprint density at radius 1 is 1.56 bits per heavy atom. The van der Waals surface area contributed by atoms with E-state index in [9.17, 15) is 0 Å². The SMILES string of the molecule is CC(C)c1nnnn1O. The Bertz CT molecular complexity index is 194. The first-order valence-electron chi connectivity index (χ1n) is 2.69. The van der Waals surface area contributed by atoms with E-state index in [-0.39, 0.29) is 5.92 Å². The van der Waals surface area contributed by atoms with E-state index in [2.05, 4.69) is 15.5 Å². The van der Waals surface area contributed by atoms with Crippen molar-refractivity contribution >= 4 is 0 Å². The smallest absolute Gasteiger partial charge is 0.194 e. The van der Waals surface area contributed by atoms with Crippen LogP contribution in [0.2, 0.25) is 0 Å². The molecule has 0 saturated carbocycles. The Morgan fingerprint density at radius 3 is 2.44 bits per heavy atom. The van der Waals surface area contributed by atoms with E-state index in [4.69, 9.17) is 5.21 Å². The maximum absolute atomic E-state index is 8.80. The number of nitrogens with zero attached hydrogens (tertiary/aromatic N) is 4. The molecule has 0 saturated heterocycles. The molecule has 0 fully saturated rings. The van der Waals surface area contributed by atoms with E-state index in [1.165, 1.54) is 0 Å². The molecular weight excluding hydrogens is 120 g/mol. The molecule has 0 aliphatic carbocycles. The van der Waals surface area contributed by atoms with Crippen LogP contribution in [0.1, 0.15) is 25.6 Å². The topological polar surface area (TPSA) is 63.8 Å². The molecule has 9 heavy (non-hydrogen) atoms. The average molecular weight is 128 g/mol. The van der Waals surface area contributed by atoms with Crippen LogP contribution in [-0.2, 0) is 0 Å². The van der Waals surface area contributed by atoms with Crippen LogP contribution in [0.15, 0.2) is 0 Å². The normalized spacial score (nSPS) is 10.6. The van der Waals surface area contributed by atoms with Crippen molar-refractivity contribution in [1.29, 1.82) is 0 Å². The van der Waals surface area contributed by atoms with Crippen LogP contribution in [0, 0.1) is 0 Å². The minimum Gasteiger partial charge on any atom is -0.409 e. The second-order valence-corrected chi connectivity index (χ2v) is 2.08. The molecule has 0 unspecified atom stereocenters. The summed E-state index contributed by atoms with van der Waals surface area (Å²) in [5, 5.41) is 18.9. The highest BCUT2D eigenvalue weighted by Crippen LogP contribution is 2.05. The largest absolute Gasteiger partial charge is 0.409 e. The number of aromatic nitrogens is 4. The summed E-state index contributed by atoms with van der Waals surface area (Å²) in [6.07, 6.45) is 0. The van der Waals surface area contributed by atoms with Gasteiger partial charge in [0.2, 0.25) is 0 Å². The van der Waals surface area contributed by atoms with Crippen molar-refractivity contribution in [3.63, 3.8) is 0 Å². The third kappa shape index (κ3) is 0.984. The number of hydrogen-bond donors (Lipinski definition) is 1. The molecule has 0 spiro atoms. The summed E-state index contributed by atoms with van der Waals surface area (Å²) in [4.78, 5) is 0.685. The lowest BCUT2D eigenvalue weighted by molar-refractivity contribution is 0.131. The lowest BCUT2D eigenvalue weighted by Gasteiger charge is -1.96. The van der Waals surface area contributed by atoms with Gasteiger partial charge in [-0.05, 0) is 10.4 Å². The van der Waals surface area contributed by atoms with Crippen molar-refractivity contribution in [2.24, 2.45) is 0 Å². The van der Waals surface area contributed by atoms with Crippen molar-refractivity contribution in [3.8, 4) is 0 Å². The van der Waals surface area contributed by atoms with Gasteiger partial charge in [-0.2, -0.15) is 0 Å². The third-order valence-electron chi connectivity index (χ3n) is 0.993. The molecule has 1 aromatic heterocycles. The van der Waals surface area contributed by atoms with Crippen molar-refractivity contribution in [2.75, 3.05) is 0 Å². The molecule has 0 radical (unpaired) electrons. The van der Waals surface area contributed by atoms with Crippen LogP contribution in [0.25, 0.3) is 0 Å². The van der Waals surface area contributed by atoms with E-state index in [1.807, 2.05) is 13.8 Å². The molecule has 0 aliphatic heterocycles. The maximum atomic E-state index is 8.80. The second-order valence-electron chi connectivity index (χ2n) is 2.08. The summed E-state index contributed by atoms with van der Waals surface area (Å²) in [5.74, 6) is 0.639. The van der Waals surface area contributed by atoms with E-state index >= 15 is 0 Å². The third-order valence-corrected chi connectivity index (χ3v) is 0.993. The maximum Gasteiger partial charge on any atom is 0.194 e. The fraction of sp³-hybridized carbons (Fsp3) is 0.750. The molecule has 0 amide bonds. The van der Waals surface area contributed by atoms with Crippen LogP contribution in [-0.4, -0.2) is 25.6 Å². The summed E-state index contributed by atoms with van der Waals surface area (Å²) >= 11 is 0. The predicted octanol–water partition coefficient (Wildman–Crippen LogP) is 0.0338. The van der Waals surface area contributed by atoms with E-state index in [1.54, 1.807) is 0 Å². The minimum atomic E-state index is 0.157. The van der Waals surface area contributed by atoms with Gasteiger partial charge < -0.3 is 5.21 Å².